The molecule has 1 atom stereocenters. The number of aromatic amines is 1. The molecule has 208 valence electrons. The zero-order chi connectivity index (χ0) is 28.7. The van der Waals surface area contributed by atoms with Crippen molar-refractivity contribution in [3.63, 3.8) is 0 Å². The van der Waals surface area contributed by atoms with Gasteiger partial charge in [-0.2, -0.15) is 0 Å². The molecule has 2 aromatic heterocycles. The molecule has 11 nitrogen and oxygen atoms in total. The highest BCUT2D eigenvalue weighted by Crippen LogP contribution is 2.25. The van der Waals surface area contributed by atoms with Crippen LogP contribution in [-0.2, 0) is 22.6 Å². The molecular formula is C28H36N6O5. The molecule has 0 saturated heterocycles. The first-order chi connectivity index (χ1) is 18.3. The number of hydrogen-bond donors (Lipinski definition) is 4. The minimum Gasteiger partial charge on any atom is -0.465 e. The summed E-state index contributed by atoms with van der Waals surface area (Å²) in [5.74, 6) is -0.293. The number of allylic oxidation sites excluding steroid dienone is 1. The Morgan fingerprint density at radius 3 is 2.59 bits per heavy atom. The lowest BCUT2D eigenvalue weighted by Gasteiger charge is -2.18. The summed E-state index contributed by atoms with van der Waals surface area (Å²) in [6.07, 6.45) is 4.40. The summed E-state index contributed by atoms with van der Waals surface area (Å²) in [5, 5.41) is 13.9. The van der Waals surface area contributed by atoms with E-state index in [1.165, 1.54) is 21.6 Å². The van der Waals surface area contributed by atoms with Gasteiger partial charge in [0.25, 0.3) is 5.56 Å². The first-order valence-corrected chi connectivity index (χ1v) is 12.7. The molecular weight excluding hydrogens is 500 g/mol. The van der Waals surface area contributed by atoms with Gasteiger partial charge < -0.3 is 30.2 Å². The van der Waals surface area contributed by atoms with Crippen LogP contribution in [0, 0.1) is 5.41 Å². The number of anilines is 1. The number of imidazole rings is 1. The van der Waals surface area contributed by atoms with Crippen LogP contribution in [0.2, 0.25) is 0 Å². The number of carbonyl (C=O) groups is 3. The van der Waals surface area contributed by atoms with E-state index in [4.69, 9.17) is 0 Å². The zero-order valence-corrected chi connectivity index (χ0v) is 22.9. The molecule has 11 heteroatoms. The van der Waals surface area contributed by atoms with Crippen LogP contribution in [-0.4, -0.2) is 62.6 Å². The normalized spacial score (nSPS) is 12.4. The molecule has 39 heavy (non-hydrogen) atoms. The SMILES string of the molecule is CN(C)C(=O)/C=C/CCC(NC(=O)O)C(=O)Nc1cccn(Cc2nc3cccc(CC(C)(C)C)c3[nH]2)c1=O. The summed E-state index contributed by atoms with van der Waals surface area (Å²) in [4.78, 5) is 58.3. The van der Waals surface area contributed by atoms with Crippen LogP contribution in [0.5, 0.6) is 0 Å². The van der Waals surface area contributed by atoms with Crippen LogP contribution in [0.1, 0.15) is 45.0 Å². The molecule has 0 spiro atoms. The van der Waals surface area contributed by atoms with E-state index in [9.17, 15) is 24.3 Å². The average molecular weight is 537 g/mol. The van der Waals surface area contributed by atoms with Crippen LogP contribution in [0.15, 0.2) is 53.5 Å². The van der Waals surface area contributed by atoms with Crippen molar-refractivity contribution in [2.45, 2.75) is 52.6 Å². The van der Waals surface area contributed by atoms with Crippen molar-refractivity contribution in [2.24, 2.45) is 5.41 Å². The van der Waals surface area contributed by atoms with Gasteiger partial charge in [0.1, 0.15) is 17.6 Å². The van der Waals surface area contributed by atoms with Crippen molar-refractivity contribution in [2.75, 3.05) is 19.4 Å². The molecule has 3 amide bonds. The maximum Gasteiger partial charge on any atom is 0.405 e. The molecule has 2 heterocycles. The Hall–Kier alpha value is -4.41. The molecule has 0 aliphatic carbocycles. The summed E-state index contributed by atoms with van der Waals surface area (Å²) >= 11 is 0. The number of carbonyl (C=O) groups excluding carboxylic acids is 2. The Bertz CT molecular complexity index is 1430. The van der Waals surface area contributed by atoms with Gasteiger partial charge in [-0.1, -0.05) is 39.0 Å². The van der Waals surface area contributed by atoms with Crippen LogP contribution in [0.25, 0.3) is 11.0 Å². The number of fused-ring (bicyclic) bond motifs is 1. The van der Waals surface area contributed by atoms with E-state index in [2.05, 4.69) is 47.4 Å². The standard InChI is InChI=1S/C28H36N6O5/c1-28(2,3)16-18-10-8-12-19-24(18)32-22(29-19)17-34-15-9-13-21(26(34)37)30-25(36)20(31-27(38)39)11-6-7-14-23(35)33(4)5/h7-10,12-15,20,31H,6,11,16-17H2,1-5H3,(H,29,32)(H,30,36)(H,38,39)/b14-7+. The maximum absolute atomic E-state index is 13.1. The van der Waals surface area contributed by atoms with Gasteiger partial charge in [0.05, 0.1) is 17.6 Å². The Kier molecular flexibility index (Phi) is 9.29. The fraction of sp³-hybridized carbons (Fsp3) is 0.393. The second-order valence-electron chi connectivity index (χ2n) is 10.8. The van der Waals surface area contributed by atoms with Crippen LogP contribution in [0.3, 0.4) is 0 Å². The molecule has 1 aromatic carbocycles. The monoisotopic (exact) mass is 536 g/mol. The number of rotatable bonds is 10. The number of aromatic nitrogens is 3. The highest BCUT2D eigenvalue weighted by molar-refractivity contribution is 5.96. The first kappa shape index (κ1) is 29.2. The summed E-state index contributed by atoms with van der Waals surface area (Å²) < 4.78 is 1.42. The number of amides is 3. The third-order valence-corrected chi connectivity index (χ3v) is 5.91. The second kappa shape index (κ2) is 12.4. The second-order valence-corrected chi connectivity index (χ2v) is 10.8. The predicted molar refractivity (Wildman–Crippen MR) is 150 cm³/mol. The van der Waals surface area contributed by atoms with Crippen molar-refractivity contribution in [1.29, 1.82) is 0 Å². The third-order valence-electron chi connectivity index (χ3n) is 5.91. The van der Waals surface area contributed by atoms with Crippen LogP contribution >= 0.6 is 0 Å². The van der Waals surface area contributed by atoms with E-state index in [1.54, 1.807) is 32.4 Å². The Morgan fingerprint density at radius 2 is 1.92 bits per heavy atom. The van der Waals surface area contributed by atoms with Crippen LogP contribution in [0.4, 0.5) is 10.5 Å². The van der Waals surface area contributed by atoms with E-state index in [0.717, 1.165) is 23.0 Å². The third kappa shape index (κ3) is 8.29. The summed E-state index contributed by atoms with van der Waals surface area (Å²) in [7, 11) is 3.22. The average Bonchev–Trinajstić information content (AvgIpc) is 3.25. The summed E-state index contributed by atoms with van der Waals surface area (Å²) in [6, 6.07) is 7.92. The predicted octanol–water partition coefficient (Wildman–Crippen LogP) is 3.36. The highest BCUT2D eigenvalue weighted by Gasteiger charge is 2.21. The number of H-pyrrole nitrogens is 1. The molecule has 4 N–H and O–H groups in total. The summed E-state index contributed by atoms with van der Waals surface area (Å²) in [6.45, 7) is 6.67. The molecule has 0 aliphatic rings. The van der Waals surface area contributed by atoms with E-state index >= 15 is 0 Å². The molecule has 0 fully saturated rings. The Balaban J connectivity index is 1.75. The van der Waals surface area contributed by atoms with Gasteiger partial charge in [-0.05, 0) is 54.5 Å². The number of para-hydroxylation sites is 1. The molecule has 3 aromatic rings. The Labute approximate surface area is 226 Å². The number of nitrogens with one attached hydrogen (secondary N) is 3. The van der Waals surface area contributed by atoms with Crippen molar-refractivity contribution in [3.8, 4) is 0 Å². The lowest BCUT2D eigenvalue weighted by atomic mass is 9.88. The smallest absolute Gasteiger partial charge is 0.405 e. The highest BCUT2D eigenvalue weighted by atomic mass is 16.4. The molecule has 1 unspecified atom stereocenters. The van der Waals surface area contributed by atoms with Crippen LogP contribution < -0.4 is 16.2 Å². The van der Waals surface area contributed by atoms with Gasteiger partial charge in [-0.25, -0.2) is 9.78 Å². The molecule has 0 saturated carbocycles. The number of likely N-dealkylation sites (N-methyl/N-ethyl adjacent to an activating group) is 1. The van der Waals surface area contributed by atoms with E-state index < -0.39 is 23.6 Å². The van der Waals surface area contributed by atoms with Gasteiger partial charge in [0.15, 0.2) is 0 Å². The number of pyridine rings is 1. The number of carboxylic acid groups (broad SMARTS) is 1. The van der Waals surface area contributed by atoms with Crippen molar-refractivity contribution >= 4 is 34.6 Å². The number of nitrogens with zero attached hydrogens (tertiary/aromatic N) is 3. The van der Waals surface area contributed by atoms with Gasteiger partial charge in [-0.3, -0.25) is 14.4 Å². The minimum absolute atomic E-state index is 0.0162. The zero-order valence-electron chi connectivity index (χ0n) is 22.9. The number of hydrogen-bond acceptors (Lipinski definition) is 5. The Morgan fingerprint density at radius 1 is 1.18 bits per heavy atom. The summed E-state index contributed by atoms with van der Waals surface area (Å²) in [5.41, 5.74) is 2.55. The van der Waals surface area contributed by atoms with E-state index in [-0.39, 0.29) is 36.4 Å². The van der Waals surface area contributed by atoms with E-state index in [0.29, 0.717) is 5.82 Å². The lowest BCUT2D eigenvalue weighted by Crippen LogP contribution is -2.44. The minimum atomic E-state index is -1.37. The fourth-order valence-electron chi connectivity index (χ4n) is 4.09. The molecule has 0 radical (unpaired) electrons. The fourth-order valence-corrected chi connectivity index (χ4v) is 4.09. The quantitative estimate of drug-likeness (QED) is 0.292. The molecule has 3 rings (SSSR count). The first-order valence-electron chi connectivity index (χ1n) is 12.7. The maximum atomic E-state index is 13.1. The van der Waals surface area contributed by atoms with E-state index in [1.807, 2.05) is 12.1 Å². The van der Waals surface area contributed by atoms with Gasteiger partial charge in [0.2, 0.25) is 11.8 Å². The van der Waals surface area contributed by atoms with Crippen molar-refractivity contribution < 1.29 is 19.5 Å². The van der Waals surface area contributed by atoms with Crippen molar-refractivity contribution in [1.82, 2.24) is 24.8 Å². The number of benzene rings is 1. The van der Waals surface area contributed by atoms with Gasteiger partial charge in [-0.15, -0.1) is 0 Å². The van der Waals surface area contributed by atoms with Gasteiger partial charge in [0, 0.05) is 20.3 Å². The van der Waals surface area contributed by atoms with Crippen molar-refractivity contribution in [3.05, 3.63) is 70.4 Å². The largest absolute Gasteiger partial charge is 0.465 e. The topological polar surface area (TPSA) is 149 Å². The van der Waals surface area contributed by atoms with Gasteiger partial charge >= 0.3 is 6.09 Å². The molecule has 0 bridgehead atoms. The lowest BCUT2D eigenvalue weighted by molar-refractivity contribution is -0.123. The molecule has 0 aliphatic heterocycles.